The van der Waals surface area contributed by atoms with E-state index in [9.17, 15) is 9.59 Å². The fourth-order valence-corrected chi connectivity index (χ4v) is 2.49. The first-order valence-corrected chi connectivity index (χ1v) is 8.05. The van der Waals surface area contributed by atoms with Crippen LogP contribution >= 0.6 is 11.3 Å². The molecule has 0 spiro atoms. The summed E-state index contributed by atoms with van der Waals surface area (Å²) in [4.78, 5) is 27.8. The molecule has 0 saturated heterocycles. The summed E-state index contributed by atoms with van der Waals surface area (Å²) in [6, 6.07) is 3.71. The number of hydrogen-bond acceptors (Lipinski definition) is 5. The molecule has 2 aromatic heterocycles. The topological polar surface area (TPSA) is 84.2 Å². The third-order valence-electron chi connectivity index (χ3n) is 3.13. The molecule has 0 fully saturated rings. The van der Waals surface area contributed by atoms with E-state index >= 15 is 0 Å². The van der Waals surface area contributed by atoms with Gasteiger partial charge in [-0.15, -0.1) is 11.3 Å². The number of aromatic nitrogens is 1. The molecule has 0 unspecified atom stereocenters. The zero-order valence-electron chi connectivity index (χ0n) is 12.6. The Labute approximate surface area is 132 Å². The van der Waals surface area contributed by atoms with E-state index in [2.05, 4.69) is 15.6 Å². The third kappa shape index (κ3) is 4.42. The molecule has 118 valence electrons. The number of carbonyl (C=O) groups is 2. The zero-order chi connectivity index (χ0) is 15.9. The van der Waals surface area contributed by atoms with Crippen LogP contribution in [0.2, 0.25) is 0 Å². The van der Waals surface area contributed by atoms with E-state index in [0.717, 1.165) is 6.42 Å². The van der Waals surface area contributed by atoms with Gasteiger partial charge in [0.2, 0.25) is 5.91 Å². The zero-order valence-corrected chi connectivity index (χ0v) is 13.4. The summed E-state index contributed by atoms with van der Waals surface area (Å²) in [6.07, 6.45) is 2.70. The largest absolute Gasteiger partial charge is 0.462 e. The normalized spacial score (nSPS) is 11.9. The van der Waals surface area contributed by atoms with Crippen LogP contribution in [0.3, 0.4) is 0 Å². The molecule has 7 heteroatoms. The minimum atomic E-state index is -0.287. The summed E-state index contributed by atoms with van der Waals surface area (Å²) >= 11 is 1.34. The number of nitrogens with zero attached hydrogens (tertiary/aromatic N) is 1. The Hall–Kier alpha value is -2.15. The van der Waals surface area contributed by atoms with Gasteiger partial charge in [-0.2, -0.15) is 0 Å². The molecule has 22 heavy (non-hydrogen) atoms. The fourth-order valence-electron chi connectivity index (χ4n) is 1.72. The SMILES string of the molecule is CC[C@@H](C)NC(=O)CCNC(=O)c1csc(-c2ccco2)n1. The second-order valence-corrected chi connectivity index (χ2v) is 5.76. The van der Waals surface area contributed by atoms with Crippen molar-refractivity contribution in [1.82, 2.24) is 15.6 Å². The molecule has 2 aromatic rings. The van der Waals surface area contributed by atoms with Crippen molar-refractivity contribution in [2.45, 2.75) is 32.7 Å². The van der Waals surface area contributed by atoms with Gasteiger partial charge in [-0.3, -0.25) is 9.59 Å². The Morgan fingerprint density at radius 1 is 1.45 bits per heavy atom. The van der Waals surface area contributed by atoms with Gasteiger partial charge in [0.15, 0.2) is 10.8 Å². The van der Waals surface area contributed by atoms with Gasteiger partial charge < -0.3 is 15.1 Å². The highest BCUT2D eigenvalue weighted by Gasteiger charge is 2.13. The molecule has 2 rings (SSSR count). The number of amides is 2. The molecule has 2 N–H and O–H groups in total. The molecule has 2 heterocycles. The molecule has 0 bridgehead atoms. The summed E-state index contributed by atoms with van der Waals surface area (Å²) in [6.45, 7) is 4.24. The van der Waals surface area contributed by atoms with Crippen LogP contribution in [-0.2, 0) is 4.79 Å². The monoisotopic (exact) mass is 321 g/mol. The number of carbonyl (C=O) groups excluding carboxylic acids is 2. The highest BCUT2D eigenvalue weighted by Crippen LogP contribution is 2.23. The van der Waals surface area contributed by atoms with E-state index in [4.69, 9.17) is 4.42 Å². The van der Waals surface area contributed by atoms with E-state index in [1.807, 2.05) is 13.8 Å². The molecule has 0 aliphatic carbocycles. The maximum atomic E-state index is 12.0. The lowest BCUT2D eigenvalue weighted by molar-refractivity contribution is -0.121. The van der Waals surface area contributed by atoms with Crippen LogP contribution in [0.25, 0.3) is 10.8 Å². The summed E-state index contributed by atoms with van der Waals surface area (Å²) < 4.78 is 5.24. The first kappa shape index (κ1) is 16.2. The molecule has 1 atom stereocenters. The standard InChI is InChI=1S/C15H19N3O3S/c1-3-10(2)17-13(19)6-7-16-14(20)11-9-22-15(18-11)12-5-4-8-21-12/h4-5,8-10H,3,6-7H2,1-2H3,(H,16,20)(H,17,19)/t10-/m1/s1. The Morgan fingerprint density at radius 3 is 2.95 bits per heavy atom. The molecule has 0 aliphatic rings. The second kappa shape index (κ2) is 7.74. The van der Waals surface area contributed by atoms with Crippen LogP contribution in [-0.4, -0.2) is 29.4 Å². The van der Waals surface area contributed by atoms with Gasteiger partial charge in [-0.05, 0) is 25.5 Å². The van der Waals surface area contributed by atoms with Gasteiger partial charge in [0.05, 0.1) is 6.26 Å². The molecule has 0 radical (unpaired) electrons. The van der Waals surface area contributed by atoms with Gasteiger partial charge in [0.1, 0.15) is 5.69 Å². The van der Waals surface area contributed by atoms with Gasteiger partial charge in [-0.25, -0.2) is 4.98 Å². The highest BCUT2D eigenvalue weighted by molar-refractivity contribution is 7.13. The van der Waals surface area contributed by atoms with Gasteiger partial charge >= 0.3 is 0 Å². The molecule has 6 nitrogen and oxygen atoms in total. The Morgan fingerprint density at radius 2 is 2.27 bits per heavy atom. The van der Waals surface area contributed by atoms with Crippen molar-refractivity contribution in [3.05, 3.63) is 29.5 Å². The third-order valence-corrected chi connectivity index (χ3v) is 3.98. The van der Waals surface area contributed by atoms with Crippen molar-refractivity contribution in [2.24, 2.45) is 0 Å². The van der Waals surface area contributed by atoms with Crippen molar-refractivity contribution < 1.29 is 14.0 Å². The molecule has 0 saturated carbocycles. The van der Waals surface area contributed by atoms with Gasteiger partial charge in [-0.1, -0.05) is 6.92 Å². The quantitative estimate of drug-likeness (QED) is 0.820. The second-order valence-electron chi connectivity index (χ2n) is 4.90. The fraction of sp³-hybridized carbons (Fsp3) is 0.400. The van der Waals surface area contributed by atoms with Crippen LogP contribution < -0.4 is 10.6 Å². The lowest BCUT2D eigenvalue weighted by Crippen LogP contribution is -2.35. The average molecular weight is 321 g/mol. The minimum absolute atomic E-state index is 0.0656. The van der Waals surface area contributed by atoms with E-state index in [1.54, 1.807) is 23.8 Å². The van der Waals surface area contributed by atoms with Crippen molar-refractivity contribution in [2.75, 3.05) is 6.54 Å². The summed E-state index contributed by atoms with van der Waals surface area (Å²) in [5.41, 5.74) is 0.332. The summed E-state index contributed by atoms with van der Waals surface area (Å²) in [5.74, 6) is 0.284. The lowest BCUT2D eigenvalue weighted by atomic mass is 10.2. The number of furan rings is 1. The lowest BCUT2D eigenvalue weighted by Gasteiger charge is -2.11. The van der Waals surface area contributed by atoms with Gasteiger partial charge in [0.25, 0.3) is 5.91 Å². The van der Waals surface area contributed by atoms with E-state index in [0.29, 0.717) is 16.5 Å². The van der Waals surface area contributed by atoms with Crippen LogP contribution in [0.4, 0.5) is 0 Å². The Bertz CT molecular complexity index is 622. The van der Waals surface area contributed by atoms with Crippen molar-refractivity contribution >= 4 is 23.2 Å². The van der Waals surface area contributed by atoms with E-state index in [1.165, 1.54) is 11.3 Å². The molecular weight excluding hydrogens is 302 g/mol. The summed E-state index contributed by atoms with van der Waals surface area (Å²) in [7, 11) is 0. The van der Waals surface area contributed by atoms with E-state index < -0.39 is 0 Å². The minimum Gasteiger partial charge on any atom is -0.462 e. The van der Waals surface area contributed by atoms with Crippen molar-refractivity contribution in [3.63, 3.8) is 0 Å². The summed E-state index contributed by atoms with van der Waals surface area (Å²) in [5, 5.41) is 7.87. The van der Waals surface area contributed by atoms with Crippen LogP contribution in [0, 0.1) is 0 Å². The Kier molecular flexibility index (Phi) is 5.71. The molecular formula is C15H19N3O3S. The molecule has 0 aromatic carbocycles. The van der Waals surface area contributed by atoms with Crippen molar-refractivity contribution in [1.29, 1.82) is 0 Å². The number of nitrogens with one attached hydrogen (secondary N) is 2. The average Bonchev–Trinajstić information content (AvgIpc) is 3.17. The Balaban J connectivity index is 1.79. The van der Waals surface area contributed by atoms with Crippen LogP contribution in [0.1, 0.15) is 37.2 Å². The van der Waals surface area contributed by atoms with Crippen LogP contribution in [0.5, 0.6) is 0 Å². The maximum absolute atomic E-state index is 12.0. The molecule has 2 amide bonds. The molecule has 0 aliphatic heterocycles. The number of rotatable bonds is 7. The smallest absolute Gasteiger partial charge is 0.270 e. The number of thiazole rings is 1. The first-order chi connectivity index (χ1) is 10.6. The maximum Gasteiger partial charge on any atom is 0.270 e. The van der Waals surface area contributed by atoms with E-state index in [-0.39, 0.29) is 30.8 Å². The van der Waals surface area contributed by atoms with Crippen molar-refractivity contribution in [3.8, 4) is 10.8 Å². The predicted molar refractivity (Wildman–Crippen MR) is 84.7 cm³/mol. The first-order valence-electron chi connectivity index (χ1n) is 7.17. The van der Waals surface area contributed by atoms with Crippen LogP contribution in [0.15, 0.2) is 28.2 Å². The predicted octanol–water partition coefficient (Wildman–Crippen LogP) is 2.44. The highest BCUT2D eigenvalue weighted by atomic mass is 32.1. The van der Waals surface area contributed by atoms with Gasteiger partial charge in [0, 0.05) is 24.4 Å². The number of hydrogen-bond donors (Lipinski definition) is 2.